The standard InChI is InChI=1S/C13H23N3O/c1-3-14-8-13-9-15-16(11(13)2)10-12-4-6-17-7-5-12/h9,12,14H,3-8,10H2,1-2H3. The van der Waals surface area contributed by atoms with Gasteiger partial charge in [0.25, 0.3) is 0 Å². The van der Waals surface area contributed by atoms with Crippen molar-refractivity contribution in [1.82, 2.24) is 15.1 Å². The molecule has 96 valence electrons. The lowest BCUT2D eigenvalue weighted by Crippen LogP contribution is -2.21. The minimum Gasteiger partial charge on any atom is -0.381 e. The minimum atomic E-state index is 0.731. The Labute approximate surface area is 103 Å². The van der Waals surface area contributed by atoms with Crippen LogP contribution in [0.1, 0.15) is 31.0 Å². The molecule has 0 saturated carbocycles. The van der Waals surface area contributed by atoms with Crippen LogP contribution in [0.3, 0.4) is 0 Å². The van der Waals surface area contributed by atoms with E-state index >= 15 is 0 Å². The van der Waals surface area contributed by atoms with Gasteiger partial charge in [0.1, 0.15) is 0 Å². The fraction of sp³-hybridized carbons (Fsp3) is 0.769. The van der Waals surface area contributed by atoms with Gasteiger partial charge >= 0.3 is 0 Å². The van der Waals surface area contributed by atoms with Gasteiger partial charge < -0.3 is 10.1 Å². The molecule has 1 fully saturated rings. The van der Waals surface area contributed by atoms with E-state index in [1.54, 1.807) is 0 Å². The Hall–Kier alpha value is -0.870. The smallest absolute Gasteiger partial charge is 0.0537 e. The first-order valence-electron chi connectivity index (χ1n) is 6.61. The van der Waals surface area contributed by atoms with Crippen LogP contribution in [0.4, 0.5) is 0 Å². The van der Waals surface area contributed by atoms with E-state index in [1.165, 1.54) is 24.1 Å². The first kappa shape index (κ1) is 12.6. The maximum absolute atomic E-state index is 5.39. The minimum absolute atomic E-state index is 0.731. The van der Waals surface area contributed by atoms with Crippen molar-refractivity contribution in [2.45, 2.75) is 39.8 Å². The number of nitrogens with one attached hydrogen (secondary N) is 1. The Morgan fingerprint density at radius 1 is 1.47 bits per heavy atom. The molecule has 1 aromatic rings. The largest absolute Gasteiger partial charge is 0.381 e. The summed E-state index contributed by atoms with van der Waals surface area (Å²) in [7, 11) is 0. The summed E-state index contributed by atoms with van der Waals surface area (Å²) in [4.78, 5) is 0. The lowest BCUT2D eigenvalue weighted by Gasteiger charge is -2.22. The molecular weight excluding hydrogens is 214 g/mol. The second kappa shape index (κ2) is 6.17. The van der Waals surface area contributed by atoms with Crippen molar-refractivity contribution in [3.05, 3.63) is 17.5 Å². The fourth-order valence-corrected chi connectivity index (χ4v) is 2.28. The average Bonchev–Trinajstić information content (AvgIpc) is 2.70. The van der Waals surface area contributed by atoms with Gasteiger partial charge in [-0.2, -0.15) is 5.10 Å². The highest BCUT2D eigenvalue weighted by Gasteiger charge is 2.16. The van der Waals surface area contributed by atoms with E-state index in [2.05, 4.69) is 28.9 Å². The number of hydrogen-bond donors (Lipinski definition) is 1. The van der Waals surface area contributed by atoms with Crippen LogP contribution < -0.4 is 5.32 Å². The van der Waals surface area contributed by atoms with Crippen LogP contribution in [0.25, 0.3) is 0 Å². The Morgan fingerprint density at radius 2 is 2.24 bits per heavy atom. The van der Waals surface area contributed by atoms with Gasteiger partial charge in [-0.1, -0.05) is 6.92 Å². The van der Waals surface area contributed by atoms with E-state index in [-0.39, 0.29) is 0 Å². The molecule has 0 aliphatic carbocycles. The summed E-state index contributed by atoms with van der Waals surface area (Å²) in [6, 6.07) is 0. The quantitative estimate of drug-likeness (QED) is 0.847. The van der Waals surface area contributed by atoms with Gasteiger partial charge in [-0.05, 0) is 32.2 Å². The number of aromatic nitrogens is 2. The molecule has 0 unspecified atom stereocenters. The van der Waals surface area contributed by atoms with Gasteiger partial charge in [0.2, 0.25) is 0 Å². The molecule has 0 spiro atoms. The fourth-order valence-electron chi connectivity index (χ4n) is 2.28. The van der Waals surface area contributed by atoms with Crippen molar-refractivity contribution in [3.8, 4) is 0 Å². The van der Waals surface area contributed by atoms with E-state index in [0.29, 0.717) is 0 Å². The monoisotopic (exact) mass is 237 g/mol. The van der Waals surface area contributed by atoms with E-state index < -0.39 is 0 Å². The summed E-state index contributed by atoms with van der Waals surface area (Å²) >= 11 is 0. The summed E-state index contributed by atoms with van der Waals surface area (Å²) in [6.07, 6.45) is 4.33. The SMILES string of the molecule is CCNCc1cnn(CC2CCOCC2)c1C. The molecule has 1 aromatic heterocycles. The molecule has 2 heterocycles. The maximum atomic E-state index is 5.39. The molecule has 2 rings (SSSR count). The summed E-state index contributed by atoms with van der Waals surface area (Å²) in [5.41, 5.74) is 2.62. The van der Waals surface area contributed by atoms with Crippen LogP contribution in [0.5, 0.6) is 0 Å². The molecule has 4 nitrogen and oxygen atoms in total. The number of ether oxygens (including phenoxy) is 1. The van der Waals surface area contributed by atoms with Crippen LogP contribution in [0.15, 0.2) is 6.20 Å². The molecule has 4 heteroatoms. The Morgan fingerprint density at radius 3 is 2.94 bits per heavy atom. The van der Waals surface area contributed by atoms with Crippen molar-refractivity contribution in [3.63, 3.8) is 0 Å². The molecule has 1 saturated heterocycles. The highest BCUT2D eigenvalue weighted by molar-refractivity contribution is 5.15. The highest BCUT2D eigenvalue weighted by atomic mass is 16.5. The Bertz CT molecular complexity index is 342. The molecule has 1 aliphatic rings. The molecule has 0 bridgehead atoms. The van der Waals surface area contributed by atoms with Crippen LogP contribution >= 0.6 is 0 Å². The number of rotatable bonds is 5. The summed E-state index contributed by atoms with van der Waals surface area (Å²) < 4.78 is 7.54. The maximum Gasteiger partial charge on any atom is 0.0537 e. The average molecular weight is 237 g/mol. The van der Waals surface area contributed by atoms with Gasteiger partial charge in [-0.3, -0.25) is 4.68 Å². The topological polar surface area (TPSA) is 39.1 Å². The molecule has 1 aliphatic heterocycles. The third-order valence-corrected chi connectivity index (χ3v) is 3.54. The number of hydrogen-bond acceptors (Lipinski definition) is 3. The van der Waals surface area contributed by atoms with Crippen molar-refractivity contribution < 1.29 is 4.74 Å². The predicted molar refractivity (Wildman–Crippen MR) is 67.9 cm³/mol. The van der Waals surface area contributed by atoms with Crippen LogP contribution in [0, 0.1) is 12.8 Å². The zero-order valence-corrected chi connectivity index (χ0v) is 10.9. The van der Waals surface area contributed by atoms with Gasteiger partial charge in [-0.15, -0.1) is 0 Å². The lowest BCUT2D eigenvalue weighted by molar-refractivity contribution is 0.0599. The first-order valence-corrected chi connectivity index (χ1v) is 6.61. The van der Waals surface area contributed by atoms with Crippen molar-refractivity contribution in [2.75, 3.05) is 19.8 Å². The van der Waals surface area contributed by atoms with Gasteiger partial charge in [-0.25, -0.2) is 0 Å². The normalized spacial score (nSPS) is 17.5. The number of nitrogens with zero attached hydrogens (tertiary/aromatic N) is 2. The van der Waals surface area contributed by atoms with E-state index in [4.69, 9.17) is 4.74 Å². The molecule has 17 heavy (non-hydrogen) atoms. The van der Waals surface area contributed by atoms with E-state index in [0.717, 1.165) is 38.8 Å². The predicted octanol–water partition coefficient (Wildman–Crippen LogP) is 1.73. The van der Waals surface area contributed by atoms with Crippen molar-refractivity contribution in [1.29, 1.82) is 0 Å². The molecule has 0 radical (unpaired) electrons. The van der Waals surface area contributed by atoms with Gasteiger partial charge in [0, 0.05) is 37.6 Å². The Balaban J connectivity index is 1.93. The Kier molecular flexibility index (Phi) is 4.57. The second-order valence-electron chi connectivity index (χ2n) is 4.77. The van der Waals surface area contributed by atoms with Crippen LogP contribution in [-0.4, -0.2) is 29.5 Å². The summed E-state index contributed by atoms with van der Waals surface area (Å²) in [5, 5.41) is 7.85. The lowest BCUT2D eigenvalue weighted by atomic mass is 10.0. The third-order valence-electron chi connectivity index (χ3n) is 3.54. The van der Waals surface area contributed by atoms with Gasteiger partial charge in [0.15, 0.2) is 0 Å². The first-order chi connectivity index (χ1) is 8.31. The molecule has 0 aromatic carbocycles. The van der Waals surface area contributed by atoms with Crippen molar-refractivity contribution in [2.24, 2.45) is 5.92 Å². The van der Waals surface area contributed by atoms with E-state index in [1.807, 2.05) is 6.20 Å². The summed E-state index contributed by atoms with van der Waals surface area (Å²) in [5.74, 6) is 0.731. The summed E-state index contributed by atoms with van der Waals surface area (Å²) in [6.45, 7) is 9.09. The van der Waals surface area contributed by atoms with Crippen LogP contribution in [-0.2, 0) is 17.8 Å². The molecule has 0 atom stereocenters. The van der Waals surface area contributed by atoms with E-state index in [9.17, 15) is 0 Å². The zero-order chi connectivity index (χ0) is 12.1. The third kappa shape index (κ3) is 3.30. The highest BCUT2D eigenvalue weighted by Crippen LogP contribution is 2.18. The van der Waals surface area contributed by atoms with Gasteiger partial charge in [0.05, 0.1) is 6.20 Å². The second-order valence-corrected chi connectivity index (χ2v) is 4.77. The molecule has 1 N–H and O–H groups in total. The van der Waals surface area contributed by atoms with Crippen molar-refractivity contribution >= 4 is 0 Å². The molecule has 0 amide bonds. The zero-order valence-electron chi connectivity index (χ0n) is 10.9. The van der Waals surface area contributed by atoms with Crippen LogP contribution in [0.2, 0.25) is 0 Å². The molecular formula is C13H23N3O.